The number of imidazole rings is 1. The van der Waals surface area contributed by atoms with Gasteiger partial charge in [-0.1, -0.05) is 0 Å². The molecule has 1 N–H and O–H groups in total. The van der Waals surface area contributed by atoms with Crippen LogP contribution in [0.5, 0.6) is 0 Å². The molecule has 1 fully saturated rings. The summed E-state index contributed by atoms with van der Waals surface area (Å²) in [7, 11) is 0. The number of pyridine rings is 1. The van der Waals surface area contributed by atoms with E-state index < -0.39 is 0 Å². The van der Waals surface area contributed by atoms with Gasteiger partial charge in [-0.15, -0.1) is 0 Å². The Kier molecular flexibility index (Phi) is 3.26. The first-order valence-electron chi connectivity index (χ1n) is 8.06. The highest BCUT2D eigenvalue weighted by molar-refractivity contribution is 5.35. The fourth-order valence-electron chi connectivity index (χ4n) is 3.16. The van der Waals surface area contributed by atoms with Crippen molar-refractivity contribution in [3.8, 4) is 5.82 Å². The molecule has 0 unspecified atom stereocenters. The van der Waals surface area contributed by atoms with Crippen LogP contribution in [-0.4, -0.2) is 20.6 Å². The van der Waals surface area contributed by atoms with E-state index in [2.05, 4.69) is 33.9 Å². The Morgan fingerprint density at radius 2 is 2.10 bits per heavy atom. The fourth-order valence-corrected chi connectivity index (χ4v) is 3.16. The number of rotatable bonds is 4. The summed E-state index contributed by atoms with van der Waals surface area (Å²) < 4.78 is 2.20. The Morgan fingerprint density at radius 1 is 1.24 bits per heavy atom. The largest absolute Gasteiger partial charge is 0.310 e. The molecule has 0 saturated heterocycles. The molecule has 21 heavy (non-hydrogen) atoms. The van der Waals surface area contributed by atoms with Crippen LogP contribution < -0.4 is 5.32 Å². The molecule has 0 atom stereocenters. The van der Waals surface area contributed by atoms with Gasteiger partial charge in [-0.2, -0.15) is 0 Å². The van der Waals surface area contributed by atoms with E-state index in [-0.39, 0.29) is 0 Å². The van der Waals surface area contributed by atoms with Gasteiger partial charge in [0.1, 0.15) is 12.1 Å². The first-order chi connectivity index (χ1) is 10.3. The molecule has 0 amide bonds. The number of fused-ring (bicyclic) bond motifs is 1. The van der Waals surface area contributed by atoms with Crippen molar-refractivity contribution in [2.45, 2.75) is 58.0 Å². The lowest BCUT2D eigenvalue weighted by Gasteiger charge is -2.14. The van der Waals surface area contributed by atoms with Crippen LogP contribution in [0.2, 0.25) is 0 Å². The number of hydrogen-bond donors (Lipinski definition) is 1. The molecule has 4 rings (SSSR count). The van der Waals surface area contributed by atoms with Crippen molar-refractivity contribution < 1.29 is 0 Å². The van der Waals surface area contributed by atoms with E-state index in [0.717, 1.165) is 36.9 Å². The molecule has 2 aliphatic rings. The highest BCUT2D eigenvalue weighted by Gasteiger charge is 2.20. The summed E-state index contributed by atoms with van der Waals surface area (Å²) in [4.78, 5) is 9.31. The molecule has 2 heterocycles. The quantitative estimate of drug-likeness (QED) is 0.937. The van der Waals surface area contributed by atoms with Gasteiger partial charge < -0.3 is 5.32 Å². The van der Waals surface area contributed by atoms with E-state index in [1.165, 1.54) is 42.6 Å². The number of aromatic nitrogens is 3. The van der Waals surface area contributed by atoms with Gasteiger partial charge in [0, 0.05) is 24.0 Å². The Labute approximate surface area is 125 Å². The first-order valence-corrected chi connectivity index (χ1v) is 8.06. The average Bonchev–Trinajstić information content (AvgIpc) is 3.22. The third kappa shape index (κ3) is 2.72. The van der Waals surface area contributed by atoms with E-state index >= 15 is 0 Å². The molecule has 2 aromatic rings. The van der Waals surface area contributed by atoms with Crippen molar-refractivity contribution in [3.63, 3.8) is 0 Å². The normalized spacial score (nSPS) is 17.8. The molecular weight excluding hydrogens is 260 g/mol. The third-order valence-electron chi connectivity index (χ3n) is 4.45. The van der Waals surface area contributed by atoms with Crippen LogP contribution in [0, 0.1) is 6.92 Å². The average molecular weight is 282 g/mol. The summed E-state index contributed by atoms with van der Waals surface area (Å²) in [5.74, 6) is 1.03. The first kappa shape index (κ1) is 13.0. The zero-order valence-electron chi connectivity index (χ0n) is 12.6. The molecular formula is C17H22N4. The molecule has 0 aromatic carbocycles. The van der Waals surface area contributed by atoms with Crippen molar-refractivity contribution in [1.29, 1.82) is 0 Å². The lowest BCUT2D eigenvalue weighted by Crippen LogP contribution is -2.16. The van der Waals surface area contributed by atoms with E-state index in [1.54, 1.807) is 0 Å². The predicted octanol–water partition coefficient (Wildman–Crippen LogP) is 2.71. The molecule has 0 bridgehead atoms. The molecule has 110 valence electrons. The van der Waals surface area contributed by atoms with Gasteiger partial charge in [0.2, 0.25) is 0 Å². The van der Waals surface area contributed by atoms with Gasteiger partial charge in [0.15, 0.2) is 0 Å². The van der Waals surface area contributed by atoms with E-state index in [1.807, 2.05) is 6.33 Å². The fraction of sp³-hybridized carbons (Fsp3) is 0.529. The summed E-state index contributed by atoms with van der Waals surface area (Å²) in [6, 6.07) is 5.13. The third-order valence-corrected chi connectivity index (χ3v) is 4.45. The van der Waals surface area contributed by atoms with Crippen LogP contribution in [0.1, 0.15) is 48.3 Å². The number of nitrogens with one attached hydrogen (secondary N) is 1. The van der Waals surface area contributed by atoms with Crippen molar-refractivity contribution in [2.75, 3.05) is 0 Å². The highest BCUT2D eigenvalue weighted by Crippen LogP contribution is 2.23. The van der Waals surface area contributed by atoms with Crippen molar-refractivity contribution >= 4 is 0 Å². The van der Waals surface area contributed by atoms with Crippen LogP contribution in [0.4, 0.5) is 0 Å². The minimum atomic E-state index is 0.739. The van der Waals surface area contributed by atoms with Crippen molar-refractivity contribution in [2.24, 2.45) is 0 Å². The van der Waals surface area contributed by atoms with Crippen LogP contribution in [0.25, 0.3) is 5.82 Å². The summed E-state index contributed by atoms with van der Waals surface area (Å²) in [6.45, 7) is 3.02. The van der Waals surface area contributed by atoms with E-state index in [9.17, 15) is 0 Å². The standard InChI is InChI=1S/C17H22N4/c1-12-8-13(10-18-14-6-7-14)9-17(20-12)21-11-19-15-4-2-3-5-16(15)21/h8-9,11,14,18H,2-7,10H2,1H3. The Bertz CT molecular complexity index is 655. The number of aryl methyl sites for hydroxylation is 2. The van der Waals surface area contributed by atoms with Crippen molar-refractivity contribution in [3.05, 3.63) is 41.1 Å². The van der Waals surface area contributed by atoms with Gasteiger partial charge >= 0.3 is 0 Å². The smallest absolute Gasteiger partial charge is 0.138 e. The predicted molar refractivity (Wildman–Crippen MR) is 82.6 cm³/mol. The lowest BCUT2D eigenvalue weighted by molar-refractivity contribution is 0.653. The molecule has 4 heteroatoms. The molecule has 4 nitrogen and oxygen atoms in total. The van der Waals surface area contributed by atoms with Crippen molar-refractivity contribution in [1.82, 2.24) is 19.9 Å². The molecule has 0 spiro atoms. The van der Waals surface area contributed by atoms with Crippen LogP contribution in [-0.2, 0) is 19.4 Å². The van der Waals surface area contributed by atoms with E-state index in [0.29, 0.717) is 0 Å². The Hall–Kier alpha value is -1.68. The Balaban J connectivity index is 1.65. The maximum absolute atomic E-state index is 4.72. The van der Waals surface area contributed by atoms with Crippen LogP contribution >= 0.6 is 0 Å². The second kappa shape index (κ2) is 5.26. The molecule has 1 saturated carbocycles. The minimum absolute atomic E-state index is 0.739. The minimum Gasteiger partial charge on any atom is -0.310 e. The molecule has 0 aliphatic heterocycles. The number of hydrogen-bond acceptors (Lipinski definition) is 3. The summed E-state index contributed by atoms with van der Waals surface area (Å²) in [5.41, 5.74) is 5.03. The molecule has 0 radical (unpaired) electrons. The van der Waals surface area contributed by atoms with Crippen LogP contribution in [0.15, 0.2) is 18.5 Å². The van der Waals surface area contributed by atoms with Gasteiger partial charge in [-0.25, -0.2) is 9.97 Å². The number of nitrogens with zero attached hydrogens (tertiary/aromatic N) is 3. The van der Waals surface area contributed by atoms with Gasteiger partial charge in [0.25, 0.3) is 0 Å². The molecule has 2 aromatic heterocycles. The zero-order chi connectivity index (χ0) is 14.2. The molecule has 2 aliphatic carbocycles. The van der Waals surface area contributed by atoms with Gasteiger partial charge in [-0.3, -0.25) is 4.57 Å². The maximum atomic E-state index is 4.72. The maximum Gasteiger partial charge on any atom is 0.138 e. The summed E-state index contributed by atoms with van der Waals surface area (Å²) >= 11 is 0. The topological polar surface area (TPSA) is 42.7 Å². The van der Waals surface area contributed by atoms with E-state index in [4.69, 9.17) is 4.98 Å². The Morgan fingerprint density at radius 3 is 2.95 bits per heavy atom. The summed E-state index contributed by atoms with van der Waals surface area (Å²) in [5, 5.41) is 3.58. The zero-order valence-corrected chi connectivity index (χ0v) is 12.6. The summed E-state index contributed by atoms with van der Waals surface area (Å²) in [6.07, 6.45) is 9.38. The lowest BCUT2D eigenvalue weighted by atomic mass is 10.0. The monoisotopic (exact) mass is 282 g/mol. The second-order valence-electron chi connectivity index (χ2n) is 6.35. The highest BCUT2D eigenvalue weighted by atomic mass is 15.1. The van der Waals surface area contributed by atoms with Gasteiger partial charge in [0.05, 0.1) is 5.69 Å². The SMILES string of the molecule is Cc1cc(CNC2CC2)cc(-n2cnc3c2CCCC3)n1. The van der Waals surface area contributed by atoms with Crippen LogP contribution in [0.3, 0.4) is 0 Å². The second-order valence-corrected chi connectivity index (χ2v) is 6.35. The van der Waals surface area contributed by atoms with Gasteiger partial charge in [-0.05, 0) is 63.1 Å².